The minimum Gasteiger partial charge on any atom is -0.280 e. The van der Waals surface area contributed by atoms with E-state index < -0.39 is 0 Å². The van der Waals surface area contributed by atoms with E-state index in [0.29, 0.717) is 5.56 Å². The second-order valence-electron chi connectivity index (χ2n) is 12.1. The first kappa shape index (κ1) is 32.4. The Morgan fingerprint density at radius 1 is 0.780 bits per heavy atom. The number of unbranched alkanes of at least 4 members (excludes halogenated alkanes) is 3. The van der Waals surface area contributed by atoms with Gasteiger partial charge in [0.05, 0.1) is 23.1 Å². The number of rotatable bonds is 10. The van der Waals surface area contributed by atoms with E-state index >= 15 is 4.39 Å². The van der Waals surface area contributed by atoms with Crippen molar-refractivity contribution in [2.24, 2.45) is 0 Å². The zero-order valence-corrected chi connectivity index (χ0v) is 27.6. The molecular weight excluding hydrogens is 503 g/mol. The Balaban J connectivity index is 0.00000226. The smallest absolute Gasteiger partial charge is 0.131 e. The van der Waals surface area contributed by atoms with Crippen LogP contribution in [0.1, 0.15) is 112 Å². The molecule has 0 unspecified atom stereocenters. The molecule has 3 heteroatoms. The topological polar surface area (TPSA) is 9.86 Å². The number of aromatic nitrogens is 2. The second kappa shape index (κ2) is 13.7. The maximum atomic E-state index is 15.7. The molecule has 0 aliphatic carbocycles. The van der Waals surface area contributed by atoms with Crippen LogP contribution in [0.4, 0.5) is 4.39 Å². The Kier molecular flexibility index (Phi) is 10.9. The Morgan fingerprint density at radius 3 is 1.98 bits per heavy atom. The molecule has 0 aliphatic heterocycles. The molecule has 0 fully saturated rings. The highest BCUT2D eigenvalue weighted by Gasteiger charge is 2.35. The molecule has 0 amide bonds. The molecule has 2 nitrogen and oxygen atoms in total. The van der Waals surface area contributed by atoms with Crippen LogP contribution in [0.15, 0.2) is 54.6 Å². The maximum absolute atomic E-state index is 15.7. The summed E-state index contributed by atoms with van der Waals surface area (Å²) >= 11 is 0. The molecule has 0 spiro atoms. The van der Waals surface area contributed by atoms with Crippen LogP contribution in [-0.2, 0) is 11.8 Å². The van der Waals surface area contributed by atoms with Gasteiger partial charge in [-0.05, 0) is 99.9 Å². The highest BCUT2D eigenvalue weighted by atomic mass is 19.1. The quantitative estimate of drug-likeness (QED) is 0.172. The molecule has 4 rings (SSSR count). The SMILES string of the molecule is CC.CCCCCCc1ccc(-c2cc(C)c(C(C)(C)[C@H](C)n3c(C)c(C)n3-c3c(C)cccc3C)cc2F)cc1. The number of hydrogen-bond donors (Lipinski definition) is 0. The summed E-state index contributed by atoms with van der Waals surface area (Å²) in [5.41, 5.74) is 11.2. The van der Waals surface area contributed by atoms with E-state index in [1.54, 1.807) is 6.07 Å². The Hall–Kier alpha value is -3.07. The van der Waals surface area contributed by atoms with E-state index in [2.05, 4.69) is 114 Å². The van der Waals surface area contributed by atoms with Crippen molar-refractivity contribution in [2.75, 3.05) is 0 Å². The van der Waals surface area contributed by atoms with Crippen LogP contribution in [0, 0.1) is 40.4 Å². The first-order valence-electron chi connectivity index (χ1n) is 15.7. The minimum atomic E-state index is -0.289. The van der Waals surface area contributed by atoms with Crippen molar-refractivity contribution in [1.82, 2.24) is 9.36 Å². The zero-order valence-electron chi connectivity index (χ0n) is 27.6. The lowest BCUT2D eigenvalue weighted by atomic mass is 9.75. The summed E-state index contributed by atoms with van der Waals surface area (Å²) in [4.78, 5) is 0. The number of aryl methyl sites for hydroxylation is 4. The van der Waals surface area contributed by atoms with Crippen molar-refractivity contribution in [3.05, 3.63) is 99.6 Å². The molecule has 1 aromatic heterocycles. The molecule has 41 heavy (non-hydrogen) atoms. The van der Waals surface area contributed by atoms with Gasteiger partial charge >= 0.3 is 0 Å². The Morgan fingerprint density at radius 2 is 1.39 bits per heavy atom. The Labute approximate surface area is 249 Å². The molecule has 4 aromatic rings. The molecule has 0 saturated carbocycles. The van der Waals surface area contributed by atoms with Crippen LogP contribution >= 0.6 is 0 Å². The van der Waals surface area contributed by atoms with Gasteiger partial charge in [0.15, 0.2) is 0 Å². The van der Waals surface area contributed by atoms with Gasteiger partial charge in [-0.3, -0.25) is 9.36 Å². The maximum Gasteiger partial charge on any atom is 0.131 e. The van der Waals surface area contributed by atoms with Crippen LogP contribution in [0.3, 0.4) is 0 Å². The van der Waals surface area contributed by atoms with E-state index in [1.807, 2.05) is 19.9 Å². The van der Waals surface area contributed by atoms with Gasteiger partial charge in [0.2, 0.25) is 0 Å². The van der Waals surface area contributed by atoms with Crippen molar-refractivity contribution < 1.29 is 4.39 Å². The van der Waals surface area contributed by atoms with Gasteiger partial charge in [-0.2, -0.15) is 0 Å². The molecule has 0 N–H and O–H groups in total. The van der Waals surface area contributed by atoms with E-state index in [9.17, 15) is 0 Å². The molecule has 3 aromatic carbocycles. The van der Waals surface area contributed by atoms with Crippen LogP contribution in [0.5, 0.6) is 0 Å². The van der Waals surface area contributed by atoms with Gasteiger partial charge in [-0.15, -0.1) is 0 Å². The molecule has 0 aliphatic rings. The molecule has 222 valence electrons. The second-order valence-corrected chi connectivity index (χ2v) is 12.1. The average Bonchev–Trinajstić information content (AvgIpc) is 2.96. The van der Waals surface area contributed by atoms with Gasteiger partial charge in [-0.1, -0.05) is 96.3 Å². The number of benzene rings is 3. The standard InChI is InChI=1S/C36H47FN2.C2H6/c1-10-11-12-13-17-30-18-20-31(21-19-30)32-22-26(4)33(23-34(32)37)36(8,9)29(7)38-27(5)28(6)39(38)35-24(2)15-14-16-25(35)3;1-2/h14-16,18-23,29H,10-13,17H2,1-9H3;1-2H3/t29-;/m0./s1. The summed E-state index contributed by atoms with van der Waals surface area (Å²) in [7, 11) is 0. The first-order valence-corrected chi connectivity index (χ1v) is 15.7. The number of halogens is 1. The van der Waals surface area contributed by atoms with Crippen LogP contribution in [0.25, 0.3) is 16.8 Å². The predicted octanol–water partition coefficient (Wildman–Crippen LogP) is 11.3. The van der Waals surface area contributed by atoms with E-state index in [0.717, 1.165) is 23.1 Å². The van der Waals surface area contributed by atoms with Gasteiger partial charge in [-0.25, -0.2) is 4.39 Å². The molecule has 0 saturated heterocycles. The van der Waals surface area contributed by atoms with E-state index in [-0.39, 0.29) is 17.3 Å². The third-order valence-electron chi connectivity index (χ3n) is 9.06. The highest BCUT2D eigenvalue weighted by Crippen LogP contribution is 2.42. The normalized spacial score (nSPS) is 12.3. The fraction of sp³-hybridized carbons (Fsp3) is 0.474. The fourth-order valence-corrected chi connectivity index (χ4v) is 6.20. The van der Waals surface area contributed by atoms with Crippen molar-refractivity contribution >= 4 is 0 Å². The van der Waals surface area contributed by atoms with Crippen molar-refractivity contribution in [2.45, 2.75) is 120 Å². The summed E-state index contributed by atoms with van der Waals surface area (Å²) in [6.45, 7) is 23.9. The zero-order chi connectivity index (χ0) is 30.5. The molecular formula is C38H53FN2. The lowest BCUT2D eigenvalue weighted by molar-refractivity contribution is 0.266. The molecule has 0 radical (unpaired) electrons. The minimum absolute atomic E-state index is 0.121. The molecule has 0 bridgehead atoms. The lowest BCUT2D eigenvalue weighted by Gasteiger charge is -2.42. The van der Waals surface area contributed by atoms with Crippen molar-refractivity contribution in [3.63, 3.8) is 0 Å². The lowest BCUT2D eigenvalue weighted by Crippen LogP contribution is -2.39. The first-order chi connectivity index (χ1) is 19.5. The number of nitrogens with zero attached hydrogens (tertiary/aromatic N) is 2. The summed E-state index contributed by atoms with van der Waals surface area (Å²) in [6, 6.07) is 18.9. The summed E-state index contributed by atoms with van der Waals surface area (Å²) in [6.07, 6.45) is 6.13. The third-order valence-corrected chi connectivity index (χ3v) is 9.06. The molecule has 1 atom stereocenters. The van der Waals surface area contributed by atoms with Crippen LogP contribution < -0.4 is 0 Å². The van der Waals surface area contributed by atoms with Gasteiger partial charge in [0.1, 0.15) is 5.82 Å². The van der Waals surface area contributed by atoms with Crippen LogP contribution in [-0.4, -0.2) is 9.36 Å². The van der Waals surface area contributed by atoms with E-state index in [1.165, 1.54) is 59.4 Å². The van der Waals surface area contributed by atoms with E-state index in [4.69, 9.17) is 0 Å². The summed E-state index contributed by atoms with van der Waals surface area (Å²) in [5.74, 6) is -0.148. The Bertz CT molecular complexity index is 1410. The van der Waals surface area contributed by atoms with Crippen molar-refractivity contribution in [1.29, 1.82) is 0 Å². The fourth-order valence-electron chi connectivity index (χ4n) is 6.20. The highest BCUT2D eigenvalue weighted by molar-refractivity contribution is 5.66. The van der Waals surface area contributed by atoms with Gasteiger partial charge in [0, 0.05) is 11.0 Å². The summed E-state index contributed by atoms with van der Waals surface area (Å²) in [5, 5.41) is 0. The number of hydrogen-bond acceptors (Lipinski definition) is 0. The summed E-state index contributed by atoms with van der Waals surface area (Å²) < 4.78 is 20.5. The third kappa shape index (κ3) is 6.55. The number of para-hydroxylation sites is 1. The van der Waals surface area contributed by atoms with Crippen molar-refractivity contribution in [3.8, 4) is 16.8 Å². The average molecular weight is 557 g/mol. The largest absolute Gasteiger partial charge is 0.280 e. The van der Waals surface area contributed by atoms with Crippen LogP contribution in [0.2, 0.25) is 0 Å². The molecule has 1 heterocycles. The predicted molar refractivity (Wildman–Crippen MR) is 176 cm³/mol. The van der Waals surface area contributed by atoms with Gasteiger partial charge in [0.25, 0.3) is 0 Å². The monoisotopic (exact) mass is 556 g/mol. The van der Waals surface area contributed by atoms with Gasteiger partial charge < -0.3 is 0 Å².